The minimum absolute atomic E-state index is 0.319. The van der Waals surface area contributed by atoms with Crippen LogP contribution < -0.4 is 10.5 Å². The van der Waals surface area contributed by atoms with E-state index in [0.29, 0.717) is 11.7 Å². The summed E-state index contributed by atoms with van der Waals surface area (Å²) in [6.45, 7) is 0. The first-order valence-electron chi connectivity index (χ1n) is 4.97. The molecule has 1 aromatic carbocycles. The van der Waals surface area contributed by atoms with Gasteiger partial charge in [0.15, 0.2) is 0 Å². The van der Waals surface area contributed by atoms with Crippen molar-refractivity contribution in [3.63, 3.8) is 0 Å². The van der Waals surface area contributed by atoms with Crippen LogP contribution in [0.3, 0.4) is 0 Å². The quantitative estimate of drug-likeness (QED) is 0.834. The Kier molecular flexibility index (Phi) is 2.86. The molecule has 82 valence electrons. The molecule has 0 bridgehead atoms. The van der Waals surface area contributed by atoms with Crippen LogP contribution in [0.1, 0.15) is 24.4 Å². The third kappa shape index (κ3) is 2.65. The van der Waals surface area contributed by atoms with Crippen LogP contribution in [0.4, 0.5) is 8.78 Å². The number of ether oxygens (including phenoxy) is 1. The van der Waals surface area contributed by atoms with Crippen LogP contribution in [0.25, 0.3) is 0 Å². The zero-order valence-electron chi connectivity index (χ0n) is 8.20. The van der Waals surface area contributed by atoms with Crippen LogP contribution in [0.15, 0.2) is 24.3 Å². The maximum atomic E-state index is 12.3. The van der Waals surface area contributed by atoms with Crippen LogP contribution >= 0.6 is 0 Å². The van der Waals surface area contributed by atoms with Crippen LogP contribution in [0.2, 0.25) is 0 Å². The van der Waals surface area contributed by atoms with Gasteiger partial charge < -0.3 is 10.5 Å². The molecule has 0 amide bonds. The Morgan fingerprint density at radius 1 is 1.20 bits per heavy atom. The van der Waals surface area contributed by atoms with Gasteiger partial charge in [-0.15, -0.1) is 0 Å². The molecule has 0 heterocycles. The van der Waals surface area contributed by atoms with E-state index in [-0.39, 0.29) is 0 Å². The molecule has 1 saturated carbocycles. The monoisotopic (exact) mass is 213 g/mol. The fraction of sp³-hybridized carbons (Fsp3) is 0.455. The lowest BCUT2D eigenvalue weighted by Crippen LogP contribution is -2.18. The van der Waals surface area contributed by atoms with Crippen LogP contribution in [-0.4, -0.2) is 12.5 Å². The van der Waals surface area contributed by atoms with Gasteiger partial charge in [-0.05, 0) is 30.5 Å². The highest BCUT2D eigenvalue weighted by Gasteiger charge is 2.23. The van der Waals surface area contributed by atoms with Gasteiger partial charge in [-0.2, -0.15) is 0 Å². The van der Waals surface area contributed by atoms with Crippen molar-refractivity contribution in [2.45, 2.75) is 31.4 Å². The van der Waals surface area contributed by atoms with Gasteiger partial charge in [0.2, 0.25) is 0 Å². The smallest absolute Gasteiger partial charge is 0.257 e. The molecule has 0 aliphatic heterocycles. The minimum Gasteiger partial charge on any atom is -0.490 e. The molecule has 0 saturated heterocycles. The van der Waals surface area contributed by atoms with Crippen LogP contribution in [0.5, 0.6) is 5.75 Å². The topological polar surface area (TPSA) is 35.2 Å². The largest absolute Gasteiger partial charge is 0.490 e. The summed E-state index contributed by atoms with van der Waals surface area (Å²) >= 11 is 0. The Balaban J connectivity index is 2.02. The Hall–Kier alpha value is -1.16. The maximum absolute atomic E-state index is 12.3. The fourth-order valence-corrected chi connectivity index (χ4v) is 1.29. The molecule has 1 aliphatic carbocycles. The fourth-order valence-electron chi connectivity index (χ4n) is 1.29. The van der Waals surface area contributed by atoms with Crippen LogP contribution in [-0.2, 0) is 0 Å². The zero-order chi connectivity index (χ0) is 10.8. The predicted octanol–water partition coefficient (Wildman–Crippen LogP) is 2.49. The van der Waals surface area contributed by atoms with E-state index in [2.05, 4.69) is 0 Å². The molecule has 0 radical (unpaired) electrons. The SMILES string of the molecule is NC(c1ccc(OC2CC2)cc1)C(F)F. The number of benzene rings is 1. The molecule has 1 aliphatic rings. The summed E-state index contributed by atoms with van der Waals surface area (Å²) in [6.07, 6.45) is -0.0452. The third-order valence-electron chi connectivity index (χ3n) is 2.36. The molecule has 1 atom stereocenters. The predicted molar refractivity (Wildman–Crippen MR) is 53.0 cm³/mol. The van der Waals surface area contributed by atoms with E-state index in [0.717, 1.165) is 18.6 Å². The van der Waals surface area contributed by atoms with Gasteiger partial charge in [0, 0.05) is 0 Å². The maximum Gasteiger partial charge on any atom is 0.257 e. The van der Waals surface area contributed by atoms with Gasteiger partial charge in [0.05, 0.1) is 12.1 Å². The lowest BCUT2D eigenvalue weighted by atomic mass is 10.1. The summed E-state index contributed by atoms with van der Waals surface area (Å²) in [5.41, 5.74) is 5.75. The highest BCUT2D eigenvalue weighted by Crippen LogP contribution is 2.27. The van der Waals surface area contributed by atoms with Gasteiger partial charge in [-0.25, -0.2) is 8.78 Å². The molecule has 0 spiro atoms. The zero-order valence-corrected chi connectivity index (χ0v) is 8.20. The van der Waals surface area contributed by atoms with E-state index in [1.807, 2.05) is 0 Å². The first kappa shape index (κ1) is 10.4. The van der Waals surface area contributed by atoms with Crippen molar-refractivity contribution in [3.05, 3.63) is 29.8 Å². The highest BCUT2D eigenvalue weighted by atomic mass is 19.3. The van der Waals surface area contributed by atoms with E-state index in [1.165, 1.54) is 0 Å². The number of hydrogen-bond acceptors (Lipinski definition) is 2. The number of alkyl halides is 2. The van der Waals surface area contributed by atoms with E-state index in [9.17, 15) is 8.78 Å². The normalized spacial score (nSPS) is 17.9. The third-order valence-corrected chi connectivity index (χ3v) is 2.36. The van der Waals surface area contributed by atoms with Gasteiger partial charge >= 0.3 is 0 Å². The van der Waals surface area contributed by atoms with Crippen molar-refractivity contribution in [2.24, 2.45) is 5.73 Å². The van der Waals surface area contributed by atoms with Crippen molar-refractivity contribution in [3.8, 4) is 5.75 Å². The molecule has 2 nitrogen and oxygen atoms in total. The second-order valence-electron chi connectivity index (χ2n) is 3.75. The van der Waals surface area contributed by atoms with Crippen LogP contribution in [0, 0.1) is 0 Å². The van der Waals surface area contributed by atoms with E-state index < -0.39 is 12.5 Å². The van der Waals surface area contributed by atoms with Gasteiger partial charge in [-0.1, -0.05) is 12.1 Å². The molecule has 1 aromatic rings. The number of hydrogen-bond donors (Lipinski definition) is 1. The van der Waals surface area contributed by atoms with Gasteiger partial charge in [0.1, 0.15) is 5.75 Å². The van der Waals surface area contributed by atoms with Gasteiger partial charge in [-0.3, -0.25) is 0 Å². The standard InChI is InChI=1S/C11H13F2NO/c12-11(13)10(14)7-1-3-8(4-2-7)15-9-5-6-9/h1-4,9-11H,5-6,14H2. The number of halogens is 2. The molecule has 4 heteroatoms. The molecule has 2 rings (SSSR count). The van der Waals surface area contributed by atoms with E-state index in [4.69, 9.17) is 10.5 Å². The summed E-state index contributed by atoms with van der Waals surface area (Å²) in [5.74, 6) is 0.725. The van der Waals surface area contributed by atoms with E-state index >= 15 is 0 Å². The molecule has 15 heavy (non-hydrogen) atoms. The molecule has 2 N–H and O–H groups in total. The first-order chi connectivity index (χ1) is 7.16. The molecular weight excluding hydrogens is 200 g/mol. The van der Waals surface area contributed by atoms with Crippen molar-refractivity contribution >= 4 is 0 Å². The molecule has 0 aromatic heterocycles. The van der Waals surface area contributed by atoms with Gasteiger partial charge in [0.25, 0.3) is 6.43 Å². The summed E-state index contributed by atoms with van der Waals surface area (Å²) in [6, 6.07) is 5.36. The average Bonchev–Trinajstić information content (AvgIpc) is 3.02. The lowest BCUT2D eigenvalue weighted by molar-refractivity contribution is 0.116. The lowest BCUT2D eigenvalue weighted by Gasteiger charge is -2.11. The first-order valence-corrected chi connectivity index (χ1v) is 4.97. The summed E-state index contributed by atoms with van der Waals surface area (Å²) < 4.78 is 30.0. The average molecular weight is 213 g/mol. The van der Waals surface area contributed by atoms with Crippen molar-refractivity contribution in [1.82, 2.24) is 0 Å². The Bertz CT molecular complexity index is 322. The highest BCUT2D eigenvalue weighted by molar-refractivity contribution is 5.29. The number of rotatable bonds is 4. The second kappa shape index (κ2) is 4.14. The summed E-state index contributed by atoms with van der Waals surface area (Å²) in [7, 11) is 0. The molecule has 1 fully saturated rings. The van der Waals surface area contributed by atoms with Crippen molar-refractivity contribution in [1.29, 1.82) is 0 Å². The molecular formula is C11H13F2NO. The molecule has 1 unspecified atom stereocenters. The van der Waals surface area contributed by atoms with Crippen molar-refractivity contribution in [2.75, 3.05) is 0 Å². The number of nitrogens with two attached hydrogens (primary N) is 1. The summed E-state index contributed by atoms with van der Waals surface area (Å²) in [5, 5.41) is 0. The summed E-state index contributed by atoms with van der Waals surface area (Å²) in [4.78, 5) is 0. The van der Waals surface area contributed by atoms with Crippen molar-refractivity contribution < 1.29 is 13.5 Å². The second-order valence-corrected chi connectivity index (χ2v) is 3.75. The Labute approximate surface area is 87.0 Å². The Morgan fingerprint density at radius 2 is 1.80 bits per heavy atom. The Morgan fingerprint density at radius 3 is 2.27 bits per heavy atom. The minimum atomic E-state index is -2.53. The van der Waals surface area contributed by atoms with E-state index in [1.54, 1.807) is 24.3 Å².